The number of aliphatic hydroxyl groups is 1. The Hall–Kier alpha value is -2.40. The number of piperidine rings is 1. The van der Waals surface area contributed by atoms with Crippen LogP contribution in [0.2, 0.25) is 0 Å². The summed E-state index contributed by atoms with van der Waals surface area (Å²) < 4.78 is 5.80. The van der Waals surface area contributed by atoms with Crippen LogP contribution in [0.15, 0.2) is 42.6 Å². The number of pyridine rings is 1. The number of carbonyl (C=O) groups is 1. The largest absolute Gasteiger partial charge is 0.493 e. The Morgan fingerprint density at radius 2 is 2.00 bits per heavy atom. The van der Waals surface area contributed by atoms with Gasteiger partial charge in [-0.05, 0) is 55.9 Å². The van der Waals surface area contributed by atoms with E-state index in [1.807, 2.05) is 48.2 Å². The van der Waals surface area contributed by atoms with Crippen molar-refractivity contribution in [1.82, 2.24) is 9.88 Å². The number of rotatable bonds is 2. The maximum absolute atomic E-state index is 13.1. The number of amides is 1. The lowest BCUT2D eigenvalue weighted by atomic mass is 9.86. The van der Waals surface area contributed by atoms with E-state index in [-0.39, 0.29) is 11.8 Å². The third-order valence-corrected chi connectivity index (χ3v) is 5.80. The summed E-state index contributed by atoms with van der Waals surface area (Å²) >= 11 is 0. The number of aryl methyl sites for hydroxylation is 1. The number of aromatic nitrogens is 1. The van der Waals surface area contributed by atoms with E-state index in [9.17, 15) is 9.90 Å². The first-order valence-electron chi connectivity index (χ1n) is 9.70. The number of carbonyl (C=O) groups excluding carboxylic acids is 1. The molecule has 142 valence electrons. The molecule has 1 fully saturated rings. The van der Waals surface area contributed by atoms with Crippen LogP contribution in [0, 0.1) is 12.8 Å². The number of benzene rings is 1. The summed E-state index contributed by atoms with van der Waals surface area (Å²) in [7, 11) is 0. The summed E-state index contributed by atoms with van der Waals surface area (Å²) in [5.41, 5.74) is 1.94. The number of fused-ring (bicyclic) bond motifs is 1. The topological polar surface area (TPSA) is 62.7 Å². The van der Waals surface area contributed by atoms with Crippen LogP contribution in [0.25, 0.3) is 0 Å². The monoisotopic (exact) mass is 366 g/mol. The Labute approximate surface area is 160 Å². The predicted octanol–water partition coefficient (Wildman–Crippen LogP) is 2.84. The van der Waals surface area contributed by atoms with Crippen LogP contribution in [-0.2, 0) is 16.8 Å². The summed E-state index contributed by atoms with van der Waals surface area (Å²) in [5, 5.41) is 11.0. The first-order chi connectivity index (χ1) is 13.0. The molecule has 3 heterocycles. The molecule has 1 aromatic heterocycles. The standard InChI is InChI=1S/C22H26N2O3/c1-16-6-7-20(23-15-16)22(26)9-11-24(12-10-22)21(25)18-8-13-27-19-5-3-2-4-17(19)14-18/h2-7,15,18,26H,8-14H2,1H3/t18-/m1/s1. The van der Waals surface area contributed by atoms with Gasteiger partial charge in [-0.3, -0.25) is 9.78 Å². The van der Waals surface area contributed by atoms with E-state index in [1.54, 1.807) is 6.20 Å². The van der Waals surface area contributed by atoms with Gasteiger partial charge < -0.3 is 14.7 Å². The maximum atomic E-state index is 13.1. The molecule has 0 radical (unpaired) electrons. The molecule has 0 aliphatic carbocycles. The number of hydrogen-bond donors (Lipinski definition) is 1. The summed E-state index contributed by atoms with van der Waals surface area (Å²) in [6.07, 6.45) is 4.28. The van der Waals surface area contributed by atoms with E-state index in [0.717, 1.165) is 29.7 Å². The third-order valence-electron chi connectivity index (χ3n) is 5.80. The van der Waals surface area contributed by atoms with Crippen molar-refractivity contribution >= 4 is 5.91 Å². The van der Waals surface area contributed by atoms with Gasteiger partial charge in [-0.25, -0.2) is 0 Å². The lowest BCUT2D eigenvalue weighted by Gasteiger charge is -2.39. The fraction of sp³-hybridized carbons (Fsp3) is 0.455. The van der Waals surface area contributed by atoms with Crippen LogP contribution in [0.3, 0.4) is 0 Å². The Morgan fingerprint density at radius 1 is 1.22 bits per heavy atom. The molecular formula is C22H26N2O3. The highest BCUT2D eigenvalue weighted by atomic mass is 16.5. The Bertz CT molecular complexity index is 811. The van der Waals surface area contributed by atoms with Gasteiger partial charge in [0, 0.05) is 25.2 Å². The van der Waals surface area contributed by atoms with Crippen LogP contribution >= 0.6 is 0 Å². The average molecular weight is 366 g/mol. The van der Waals surface area contributed by atoms with Crippen molar-refractivity contribution in [2.75, 3.05) is 19.7 Å². The molecule has 0 unspecified atom stereocenters. The van der Waals surface area contributed by atoms with Crippen molar-refractivity contribution in [3.63, 3.8) is 0 Å². The first-order valence-corrected chi connectivity index (χ1v) is 9.70. The number of hydrogen-bond acceptors (Lipinski definition) is 4. The molecule has 4 rings (SSSR count). The van der Waals surface area contributed by atoms with Crippen molar-refractivity contribution in [3.8, 4) is 5.75 Å². The van der Waals surface area contributed by atoms with Crippen LogP contribution in [0.4, 0.5) is 0 Å². The normalized spacial score (nSPS) is 21.7. The average Bonchev–Trinajstić information content (AvgIpc) is 2.91. The van der Waals surface area contributed by atoms with E-state index in [2.05, 4.69) is 4.98 Å². The second-order valence-electron chi connectivity index (χ2n) is 7.72. The molecule has 2 aliphatic rings. The first kappa shape index (κ1) is 18.0. The van der Waals surface area contributed by atoms with Crippen LogP contribution in [0.5, 0.6) is 5.75 Å². The Balaban J connectivity index is 1.42. The van der Waals surface area contributed by atoms with Gasteiger partial charge in [0.1, 0.15) is 11.4 Å². The molecule has 5 nitrogen and oxygen atoms in total. The molecule has 1 saturated heterocycles. The van der Waals surface area contributed by atoms with Gasteiger partial charge in [0.05, 0.1) is 12.3 Å². The highest BCUT2D eigenvalue weighted by molar-refractivity contribution is 5.79. The summed E-state index contributed by atoms with van der Waals surface area (Å²) in [5.74, 6) is 1.01. The Morgan fingerprint density at radius 3 is 2.74 bits per heavy atom. The molecule has 1 aromatic carbocycles. The smallest absolute Gasteiger partial charge is 0.226 e. The van der Waals surface area contributed by atoms with Crippen LogP contribution in [0.1, 0.15) is 36.1 Å². The van der Waals surface area contributed by atoms with Crippen LogP contribution in [-0.4, -0.2) is 40.6 Å². The quantitative estimate of drug-likeness (QED) is 0.888. The fourth-order valence-electron chi connectivity index (χ4n) is 4.06. The molecule has 27 heavy (non-hydrogen) atoms. The number of likely N-dealkylation sites (tertiary alicyclic amines) is 1. The molecule has 1 amide bonds. The maximum Gasteiger partial charge on any atom is 0.226 e. The van der Waals surface area contributed by atoms with E-state index >= 15 is 0 Å². The highest BCUT2D eigenvalue weighted by Crippen LogP contribution is 2.33. The molecule has 1 N–H and O–H groups in total. The SMILES string of the molecule is Cc1ccc(C2(O)CCN(C(=O)[C@@H]3CCOc4ccccc4C3)CC2)nc1. The predicted molar refractivity (Wildman–Crippen MR) is 102 cm³/mol. The summed E-state index contributed by atoms with van der Waals surface area (Å²) in [4.78, 5) is 19.4. The minimum absolute atomic E-state index is 0.0580. The number of nitrogens with zero attached hydrogens (tertiary/aromatic N) is 2. The van der Waals surface area contributed by atoms with Crippen molar-refractivity contribution in [2.45, 2.75) is 38.2 Å². The van der Waals surface area contributed by atoms with Gasteiger partial charge in [0.25, 0.3) is 0 Å². The van der Waals surface area contributed by atoms with Crippen LogP contribution < -0.4 is 4.74 Å². The molecule has 1 atom stereocenters. The Kier molecular flexibility index (Phi) is 4.87. The van der Waals surface area contributed by atoms with Crippen molar-refractivity contribution in [3.05, 3.63) is 59.4 Å². The zero-order valence-corrected chi connectivity index (χ0v) is 15.7. The molecule has 0 saturated carbocycles. The van der Waals surface area contributed by atoms with Gasteiger partial charge >= 0.3 is 0 Å². The molecule has 5 heteroatoms. The third kappa shape index (κ3) is 3.69. The van der Waals surface area contributed by atoms with Gasteiger partial charge in [-0.1, -0.05) is 24.3 Å². The molecule has 2 aromatic rings. The fourth-order valence-corrected chi connectivity index (χ4v) is 4.06. The zero-order valence-electron chi connectivity index (χ0n) is 15.7. The summed E-state index contributed by atoms with van der Waals surface area (Å²) in [6, 6.07) is 11.8. The van der Waals surface area contributed by atoms with Gasteiger partial charge in [-0.15, -0.1) is 0 Å². The van der Waals surface area contributed by atoms with Crippen molar-refractivity contribution in [2.24, 2.45) is 5.92 Å². The second-order valence-corrected chi connectivity index (χ2v) is 7.72. The number of ether oxygens (including phenoxy) is 1. The van der Waals surface area contributed by atoms with Gasteiger partial charge in [0.2, 0.25) is 5.91 Å². The molecule has 2 aliphatic heterocycles. The van der Waals surface area contributed by atoms with Crippen molar-refractivity contribution < 1.29 is 14.6 Å². The minimum atomic E-state index is -0.941. The minimum Gasteiger partial charge on any atom is -0.493 e. The lowest BCUT2D eigenvalue weighted by Crippen LogP contribution is -2.47. The van der Waals surface area contributed by atoms with E-state index < -0.39 is 5.60 Å². The van der Waals surface area contributed by atoms with Crippen molar-refractivity contribution in [1.29, 1.82) is 0 Å². The van der Waals surface area contributed by atoms with E-state index in [4.69, 9.17) is 4.74 Å². The highest BCUT2D eigenvalue weighted by Gasteiger charge is 2.38. The lowest BCUT2D eigenvalue weighted by molar-refractivity contribution is -0.140. The van der Waals surface area contributed by atoms with E-state index in [1.165, 1.54) is 0 Å². The second kappa shape index (κ2) is 7.31. The van der Waals surface area contributed by atoms with Gasteiger partial charge in [-0.2, -0.15) is 0 Å². The number of para-hydroxylation sites is 1. The van der Waals surface area contributed by atoms with E-state index in [0.29, 0.717) is 38.2 Å². The molecular weight excluding hydrogens is 340 g/mol. The zero-order chi connectivity index (χ0) is 18.9. The molecule has 0 spiro atoms. The summed E-state index contributed by atoms with van der Waals surface area (Å²) in [6.45, 7) is 3.67. The van der Waals surface area contributed by atoms with Gasteiger partial charge in [0.15, 0.2) is 0 Å². The molecule has 0 bridgehead atoms.